The maximum absolute atomic E-state index is 12.1. The van der Waals surface area contributed by atoms with Crippen LogP contribution in [0.3, 0.4) is 0 Å². The number of carbonyl (C=O) groups excluding carboxylic acids is 5. The first kappa shape index (κ1) is 32.1. The molecule has 12 nitrogen and oxygen atoms in total. The standard InChI is InChI=1S/C30H34O12/c1-6-36-26(35)15-21-10-9-11-22(14-21)23-12-7-8-13-24(23)41-30-29(40-20(5)34)28(39-19(4)33)27(38-18(3)32)25(42-30)16-37-17(2)31/h7-14,25,27-30H,6,15-16H2,1-5H3/t25-,27-,28+,29+,30+/m1/s1. The molecule has 3 rings (SSSR count). The van der Waals surface area contributed by atoms with Gasteiger partial charge in [0, 0.05) is 33.3 Å². The summed E-state index contributed by atoms with van der Waals surface area (Å²) in [4.78, 5) is 59.8. The molecule has 1 fully saturated rings. The van der Waals surface area contributed by atoms with Crippen molar-refractivity contribution in [1.82, 2.24) is 0 Å². The second kappa shape index (κ2) is 15.0. The van der Waals surface area contributed by atoms with E-state index in [-0.39, 0.29) is 25.6 Å². The van der Waals surface area contributed by atoms with Gasteiger partial charge in [0.05, 0.1) is 13.0 Å². The van der Waals surface area contributed by atoms with Crippen molar-refractivity contribution < 1.29 is 57.1 Å². The number of hydrogen-bond donors (Lipinski definition) is 0. The number of ether oxygens (including phenoxy) is 7. The number of hydrogen-bond acceptors (Lipinski definition) is 12. The first-order valence-electron chi connectivity index (χ1n) is 13.3. The van der Waals surface area contributed by atoms with Gasteiger partial charge in [0.15, 0.2) is 12.2 Å². The van der Waals surface area contributed by atoms with E-state index in [0.29, 0.717) is 22.4 Å². The minimum Gasteiger partial charge on any atom is -0.466 e. The highest BCUT2D eigenvalue weighted by molar-refractivity contribution is 5.75. The third-order valence-electron chi connectivity index (χ3n) is 5.97. The van der Waals surface area contributed by atoms with Gasteiger partial charge in [0.1, 0.15) is 18.5 Å². The average molecular weight is 587 g/mol. The maximum atomic E-state index is 12.1. The third kappa shape index (κ3) is 9.03. The Morgan fingerprint density at radius 2 is 1.38 bits per heavy atom. The molecule has 0 radical (unpaired) electrons. The quantitative estimate of drug-likeness (QED) is 0.281. The lowest BCUT2D eigenvalue weighted by Crippen LogP contribution is -2.63. The molecule has 0 bridgehead atoms. The van der Waals surface area contributed by atoms with Crippen LogP contribution in [0.1, 0.15) is 40.2 Å². The number of benzene rings is 2. The Balaban J connectivity index is 2.02. The lowest BCUT2D eigenvalue weighted by molar-refractivity contribution is -0.288. The molecule has 12 heteroatoms. The van der Waals surface area contributed by atoms with Gasteiger partial charge in [-0.25, -0.2) is 0 Å². The van der Waals surface area contributed by atoms with Crippen LogP contribution < -0.4 is 4.74 Å². The van der Waals surface area contributed by atoms with Crippen LogP contribution in [0.25, 0.3) is 11.1 Å². The van der Waals surface area contributed by atoms with Crippen molar-refractivity contribution in [3.63, 3.8) is 0 Å². The molecular formula is C30H34O12. The van der Waals surface area contributed by atoms with Crippen LogP contribution in [-0.4, -0.2) is 73.8 Å². The van der Waals surface area contributed by atoms with Gasteiger partial charge in [-0.3, -0.25) is 24.0 Å². The first-order valence-corrected chi connectivity index (χ1v) is 13.3. The van der Waals surface area contributed by atoms with Gasteiger partial charge in [0.2, 0.25) is 12.4 Å². The molecule has 0 N–H and O–H groups in total. The van der Waals surface area contributed by atoms with Crippen molar-refractivity contribution in [3.05, 3.63) is 54.1 Å². The Morgan fingerprint density at radius 1 is 0.738 bits per heavy atom. The molecule has 0 unspecified atom stereocenters. The van der Waals surface area contributed by atoms with Crippen LogP contribution in [0, 0.1) is 0 Å². The summed E-state index contributed by atoms with van der Waals surface area (Å²) in [5.41, 5.74) is 2.03. The summed E-state index contributed by atoms with van der Waals surface area (Å²) in [5.74, 6) is -2.92. The summed E-state index contributed by atoms with van der Waals surface area (Å²) in [7, 11) is 0. The Morgan fingerprint density at radius 3 is 2.02 bits per heavy atom. The molecule has 0 saturated carbocycles. The predicted octanol–water partition coefficient (Wildman–Crippen LogP) is 2.92. The van der Waals surface area contributed by atoms with Gasteiger partial charge in [-0.2, -0.15) is 0 Å². The Hall–Kier alpha value is -4.45. The van der Waals surface area contributed by atoms with Gasteiger partial charge >= 0.3 is 29.8 Å². The Labute approximate surface area is 243 Å². The fraction of sp³-hybridized carbons (Fsp3) is 0.433. The molecule has 0 spiro atoms. The monoisotopic (exact) mass is 586 g/mol. The highest BCUT2D eigenvalue weighted by Crippen LogP contribution is 2.35. The zero-order chi connectivity index (χ0) is 30.8. The van der Waals surface area contributed by atoms with Crippen LogP contribution in [-0.2, 0) is 58.8 Å². The minimum absolute atomic E-state index is 0.0738. The first-order chi connectivity index (χ1) is 20.0. The van der Waals surface area contributed by atoms with Crippen LogP contribution in [0.4, 0.5) is 0 Å². The van der Waals surface area contributed by atoms with Crippen molar-refractivity contribution in [2.75, 3.05) is 13.2 Å². The van der Waals surface area contributed by atoms with Crippen molar-refractivity contribution >= 4 is 29.8 Å². The largest absolute Gasteiger partial charge is 0.466 e. The molecule has 2 aromatic rings. The van der Waals surface area contributed by atoms with Crippen LogP contribution in [0.5, 0.6) is 5.75 Å². The van der Waals surface area contributed by atoms with E-state index in [9.17, 15) is 24.0 Å². The molecule has 2 aromatic carbocycles. The minimum atomic E-state index is -1.39. The van der Waals surface area contributed by atoms with Crippen LogP contribution >= 0.6 is 0 Å². The summed E-state index contributed by atoms with van der Waals surface area (Å²) in [5, 5.41) is 0. The number of esters is 5. The highest BCUT2D eigenvalue weighted by atomic mass is 16.7. The van der Waals surface area contributed by atoms with Gasteiger partial charge in [0.25, 0.3) is 0 Å². The zero-order valence-corrected chi connectivity index (χ0v) is 24.0. The average Bonchev–Trinajstić information content (AvgIpc) is 2.90. The van der Waals surface area contributed by atoms with Crippen LogP contribution in [0.15, 0.2) is 48.5 Å². The number of rotatable bonds is 11. The van der Waals surface area contributed by atoms with Gasteiger partial charge in [-0.15, -0.1) is 0 Å². The zero-order valence-electron chi connectivity index (χ0n) is 24.0. The highest BCUT2D eigenvalue weighted by Gasteiger charge is 2.53. The second-order valence-electron chi connectivity index (χ2n) is 9.36. The molecule has 0 aliphatic carbocycles. The molecule has 1 aliphatic rings. The SMILES string of the molecule is CCOC(=O)Cc1cccc(-c2ccccc2O[C@H]2O[C@H](COC(C)=O)[C@@H](OC(C)=O)[C@H](OC(C)=O)[C@@H]2OC(C)=O)c1. The molecule has 1 heterocycles. The maximum Gasteiger partial charge on any atom is 0.310 e. The predicted molar refractivity (Wildman–Crippen MR) is 145 cm³/mol. The smallest absolute Gasteiger partial charge is 0.310 e. The van der Waals surface area contributed by atoms with Crippen LogP contribution in [0.2, 0.25) is 0 Å². The lowest BCUT2D eigenvalue weighted by Gasteiger charge is -2.44. The van der Waals surface area contributed by atoms with E-state index in [1.165, 1.54) is 6.92 Å². The molecule has 1 saturated heterocycles. The van der Waals surface area contributed by atoms with E-state index in [1.54, 1.807) is 43.3 Å². The van der Waals surface area contributed by atoms with E-state index in [2.05, 4.69) is 0 Å². The molecule has 0 amide bonds. The fourth-order valence-electron chi connectivity index (χ4n) is 4.44. The van der Waals surface area contributed by atoms with Gasteiger partial charge in [-0.05, 0) is 24.1 Å². The van der Waals surface area contributed by atoms with E-state index in [1.807, 2.05) is 12.1 Å². The van der Waals surface area contributed by atoms with Crippen molar-refractivity contribution in [3.8, 4) is 16.9 Å². The van der Waals surface area contributed by atoms with Crippen molar-refractivity contribution in [2.24, 2.45) is 0 Å². The Kier molecular flexibility index (Phi) is 11.4. The van der Waals surface area contributed by atoms with Crippen molar-refractivity contribution in [2.45, 2.75) is 71.7 Å². The van der Waals surface area contributed by atoms with Gasteiger partial charge in [-0.1, -0.05) is 42.5 Å². The van der Waals surface area contributed by atoms with Gasteiger partial charge < -0.3 is 33.2 Å². The Bertz CT molecular complexity index is 1290. The van der Waals surface area contributed by atoms with E-state index < -0.39 is 54.6 Å². The third-order valence-corrected chi connectivity index (χ3v) is 5.97. The fourth-order valence-corrected chi connectivity index (χ4v) is 4.44. The summed E-state index contributed by atoms with van der Waals surface area (Å²) >= 11 is 0. The summed E-state index contributed by atoms with van der Waals surface area (Å²) in [6.45, 7) is 6.24. The molecular weight excluding hydrogens is 552 g/mol. The molecule has 5 atom stereocenters. The molecule has 1 aliphatic heterocycles. The lowest BCUT2D eigenvalue weighted by atomic mass is 9.97. The summed E-state index contributed by atoms with van der Waals surface area (Å²) < 4.78 is 38.9. The second-order valence-corrected chi connectivity index (χ2v) is 9.36. The van der Waals surface area contributed by atoms with Crippen molar-refractivity contribution in [1.29, 1.82) is 0 Å². The number of carbonyl (C=O) groups is 5. The summed E-state index contributed by atoms with van der Waals surface area (Å²) in [6, 6.07) is 14.2. The summed E-state index contributed by atoms with van der Waals surface area (Å²) in [6.07, 6.45) is -6.52. The normalized spacial score (nSPS) is 21.4. The molecule has 0 aromatic heterocycles. The molecule has 42 heavy (non-hydrogen) atoms. The number of para-hydroxylation sites is 1. The van der Waals surface area contributed by atoms with E-state index >= 15 is 0 Å². The van der Waals surface area contributed by atoms with E-state index in [4.69, 9.17) is 33.2 Å². The topological polar surface area (TPSA) is 150 Å². The molecule has 226 valence electrons. The van der Waals surface area contributed by atoms with E-state index in [0.717, 1.165) is 20.8 Å².